The van der Waals surface area contributed by atoms with Crippen LogP contribution in [-0.4, -0.2) is 62.5 Å². The summed E-state index contributed by atoms with van der Waals surface area (Å²) >= 11 is 0. The van der Waals surface area contributed by atoms with E-state index < -0.39 is 5.60 Å². The van der Waals surface area contributed by atoms with Gasteiger partial charge in [0.05, 0.1) is 11.2 Å². The van der Waals surface area contributed by atoms with Crippen LogP contribution in [0.4, 0.5) is 5.82 Å². The molecule has 1 amide bonds. The number of carbonyl (C=O) groups excluding carboxylic acids is 1. The molecule has 2 aromatic heterocycles. The van der Waals surface area contributed by atoms with Crippen molar-refractivity contribution in [3.63, 3.8) is 0 Å². The first-order valence-electron chi connectivity index (χ1n) is 10.5. The lowest BCUT2D eigenvalue weighted by atomic mass is 9.98. The lowest BCUT2D eigenvalue weighted by Gasteiger charge is -2.36. The third kappa shape index (κ3) is 6.03. The molecule has 0 aliphatic carbocycles. The van der Waals surface area contributed by atoms with Crippen LogP contribution in [0.25, 0.3) is 0 Å². The van der Waals surface area contributed by atoms with E-state index in [2.05, 4.69) is 10.1 Å². The van der Waals surface area contributed by atoms with Gasteiger partial charge in [0, 0.05) is 51.3 Å². The van der Waals surface area contributed by atoms with Gasteiger partial charge in [-0.3, -0.25) is 9.48 Å². The van der Waals surface area contributed by atoms with Crippen LogP contribution in [0.3, 0.4) is 0 Å². The molecule has 3 rings (SSSR count). The van der Waals surface area contributed by atoms with Gasteiger partial charge in [-0.25, -0.2) is 4.98 Å². The Hall–Kier alpha value is -2.41. The molecule has 0 spiro atoms. The van der Waals surface area contributed by atoms with E-state index in [9.17, 15) is 9.90 Å². The average Bonchev–Trinajstić information content (AvgIpc) is 3.23. The maximum absolute atomic E-state index is 13.1. The first-order valence-corrected chi connectivity index (χ1v) is 10.5. The van der Waals surface area contributed by atoms with Crippen molar-refractivity contribution in [3.05, 3.63) is 42.4 Å². The molecule has 158 valence electrons. The molecule has 7 nitrogen and oxygen atoms in total. The Kier molecular flexibility index (Phi) is 6.90. The van der Waals surface area contributed by atoms with Crippen molar-refractivity contribution in [2.75, 3.05) is 25.0 Å². The Morgan fingerprint density at radius 1 is 1.34 bits per heavy atom. The molecule has 0 saturated carbocycles. The zero-order chi connectivity index (χ0) is 20.9. The van der Waals surface area contributed by atoms with Gasteiger partial charge in [-0.15, -0.1) is 0 Å². The number of amides is 1. The molecule has 2 aromatic rings. The fraction of sp³-hybridized carbons (Fsp3) is 0.591. The molecule has 0 radical (unpaired) electrons. The van der Waals surface area contributed by atoms with Crippen LogP contribution in [0.5, 0.6) is 0 Å². The molecule has 1 atom stereocenters. The standard InChI is InChI=1S/C22H33N5O2/c1-22(2,29)11-16-25(3)20-9-8-18(17-23-20)21(28)27-14-5-4-7-19(27)10-15-26-13-6-12-24-26/h6,8-9,12-13,17,19,29H,4-5,7,10-11,14-16H2,1-3H3. The number of rotatable bonds is 8. The third-order valence-electron chi connectivity index (χ3n) is 5.58. The average molecular weight is 400 g/mol. The van der Waals surface area contributed by atoms with E-state index in [1.165, 1.54) is 0 Å². The van der Waals surface area contributed by atoms with Crippen LogP contribution in [0.1, 0.15) is 56.3 Å². The molecule has 29 heavy (non-hydrogen) atoms. The number of aryl methyl sites for hydroxylation is 1. The highest BCUT2D eigenvalue weighted by Crippen LogP contribution is 2.23. The van der Waals surface area contributed by atoms with Crippen LogP contribution < -0.4 is 4.90 Å². The monoisotopic (exact) mass is 399 g/mol. The van der Waals surface area contributed by atoms with E-state index in [0.29, 0.717) is 18.5 Å². The van der Waals surface area contributed by atoms with E-state index in [-0.39, 0.29) is 11.9 Å². The predicted octanol–water partition coefficient (Wildman–Crippen LogP) is 2.96. The number of hydrogen-bond donors (Lipinski definition) is 1. The Morgan fingerprint density at radius 2 is 2.17 bits per heavy atom. The lowest BCUT2D eigenvalue weighted by Crippen LogP contribution is -2.44. The molecule has 3 heterocycles. The van der Waals surface area contributed by atoms with E-state index in [4.69, 9.17) is 0 Å². The SMILES string of the molecule is CN(CCC(C)(C)O)c1ccc(C(=O)N2CCCCC2CCn2cccn2)cn1. The Balaban J connectivity index is 1.61. The Labute approximate surface area is 173 Å². The maximum Gasteiger partial charge on any atom is 0.255 e. The van der Waals surface area contributed by atoms with Gasteiger partial charge in [0.15, 0.2) is 0 Å². The number of aromatic nitrogens is 3. The highest BCUT2D eigenvalue weighted by atomic mass is 16.3. The second-order valence-corrected chi connectivity index (χ2v) is 8.60. The maximum atomic E-state index is 13.1. The number of likely N-dealkylation sites (tertiary alicyclic amines) is 1. The number of anilines is 1. The second-order valence-electron chi connectivity index (χ2n) is 8.60. The molecular formula is C22H33N5O2. The summed E-state index contributed by atoms with van der Waals surface area (Å²) in [4.78, 5) is 21.6. The quantitative estimate of drug-likeness (QED) is 0.739. The Bertz CT molecular complexity index is 768. The van der Waals surface area contributed by atoms with Crippen molar-refractivity contribution in [3.8, 4) is 0 Å². The van der Waals surface area contributed by atoms with Crippen LogP contribution in [0.15, 0.2) is 36.8 Å². The van der Waals surface area contributed by atoms with Gasteiger partial charge in [-0.05, 0) is 64.2 Å². The van der Waals surface area contributed by atoms with Gasteiger partial charge >= 0.3 is 0 Å². The first kappa shape index (κ1) is 21.3. The number of aliphatic hydroxyl groups is 1. The van der Waals surface area contributed by atoms with Gasteiger partial charge in [0.2, 0.25) is 0 Å². The summed E-state index contributed by atoms with van der Waals surface area (Å²) in [6.45, 7) is 5.93. The lowest BCUT2D eigenvalue weighted by molar-refractivity contribution is 0.0593. The summed E-state index contributed by atoms with van der Waals surface area (Å²) in [7, 11) is 1.95. The smallest absolute Gasteiger partial charge is 0.255 e. The second kappa shape index (κ2) is 9.39. The van der Waals surface area contributed by atoms with Crippen LogP contribution in [-0.2, 0) is 6.54 Å². The topological polar surface area (TPSA) is 74.5 Å². The minimum Gasteiger partial charge on any atom is -0.390 e. The molecule has 1 saturated heterocycles. The summed E-state index contributed by atoms with van der Waals surface area (Å²) in [6.07, 6.45) is 10.2. The van der Waals surface area contributed by atoms with E-state index in [1.54, 1.807) is 26.2 Å². The van der Waals surface area contributed by atoms with Gasteiger partial charge in [-0.2, -0.15) is 5.10 Å². The molecule has 0 aromatic carbocycles. The molecule has 1 aliphatic heterocycles. The summed E-state index contributed by atoms with van der Waals surface area (Å²) in [5.41, 5.74) is -0.0699. The number of hydrogen-bond acceptors (Lipinski definition) is 5. The van der Waals surface area contributed by atoms with E-state index in [0.717, 1.165) is 44.6 Å². The zero-order valence-electron chi connectivity index (χ0n) is 17.8. The third-order valence-corrected chi connectivity index (χ3v) is 5.58. The largest absolute Gasteiger partial charge is 0.390 e. The van der Waals surface area contributed by atoms with Crippen molar-refractivity contribution in [2.45, 2.75) is 64.1 Å². The van der Waals surface area contributed by atoms with Gasteiger partial charge < -0.3 is 14.9 Å². The minimum absolute atomic E-state index is 0.0633. The summed E-state index contributed by atoms with van der Waals surface area (Å²) < 4.78 is 1.93. The summed E-state index contributed by atoms with van der Waals surface area (Å²) in [5, 5.41) is 14.2. The highest BCUT2D eigenvalue weighted by Gasteiger charge is 2.27. The van der Waals surface area contributed by atoms with Crippen molar-refractivity contribution in [2.24, 2.45) is 0 Å². The normalized spacial score (nSPS) is 17.4. The van der Waals surface area contributed by atoms with E-state index >= 15 is 0 Å². The number of pyridine rings is 1. The first-order chi connectivity index (χ1) is 13.8. The fourth-order valence-electron chi connectivity index (χ4n) is 3.74. The van der Waals surface area contributed by atoms with Crippen molar-refractivity contribution >= 4 is 11.7 Å². The van der Waals surface area contributed by atoms with Crippen molar-refractivity contribution in [1.82, 2.24) is 19.7 Å². The highest BCUT2D eigenvalue weighted by molar-refractivity contribution is 5.94. The molecule has 0 bridgehead atoms. The summed E-state index contributed by atoms with van der Waals surface area (Å²) in [5.74, 6) is 0.869. The number of nitrogens with zero attached hydrogens (tertiary/aromatic N) is 5. The van der Waals surface area contributed by atoms with E-state index in [1.807, 2.05) is 45.9 Å². The van der Waals surface area contributed by atoms with Crippen molar-refractivity contribution in [1.29, 1.82) is 0 Å². The van der Waals surface area contributed by atoms with Gasteiger partial charge in [0.25, 0.3) is 5.91 Å². The molecular weight excluding hydrogens is 366 g/mol. The van der Waals surface area contributed by atoms with Crippen LogP contribution in [0.2, 0.25) is 0 Å². The Morgan fingerprint density at radius 3 is 2.83 bits per heavy atom. The zero-order valence-corrected chi connectivity index (χ0v) is 17.8. The number of carbonyl (C=O) groups is 1. The fourth-order valence-corrected chi connectivity index (χ4v) is 3.74. The van der Waals surface area contributed by atoms with Gasteiger partial charge in [-0.1, -0.05) is 0 Å². The predicted molar refractivity (Wildman–Crippen MR) is 114 cm³/mol. The minimum atomic E-state index is -0.705. The number of piperidine rings is 1. The van der Waals surface area contributed by atoms with Gasteiger partial charge in [0.1, 0.15) is 5.82 Å². The van der Waals surface area contributed by atoms with Crippen LogP contribution >= 0.6 is 0 Å². The molecule has 1 N–H and O–H groups in total. The van der Waals surface area contributed by atoms with Crippen molar-refractivity contribution < 1.29 is 9.90 Å². The molecule has 1 fully saturated rings. The molecule has 7 heteroatoms. The summed E-state index contributed by atoms with van der Waals surface area (Å²) in [6, 6.07) is 5.93. The molecule has 1 aliphatic rings. The molecule has 1 unspecified atom stereocenters. The van der Waals surface area contributed by atoms with Crippen LogP contribution in [0, 0.1) is 0 Å².